The first-order chi connectivity index (χ1) is 18.7. The molecule has 1 saturated heterocycles. The van der Waals surface area contributed by atoms with Crippen LogP contribution in [0.25, 0.3) is 28.1 Å². The summed E-state index contributed by atoms with van der Waals surface area (Å²) in [4.78, 5) is 14.0. The van der Waals surface area contributed by atoms with Gasteiger partial charge in [-0.15, -0.1) is 0 Å². The molecule has 2 aliphatic heterocycles. The lowest BCUT2D eigenvalue weighted by Crippen LogP contribution is -2.59. The van der Waals surface area contributed by atoms with Gasteiger partial charge < -0.3 is 10.1 Å². The molecular weight excluding hydrogens is 504 g/mol. The Hall–Kier alpha value is -4.09. The van der Waals surface area contributed by atoms with E-state index < -0.39 is 17.0 Å². The molecule has 2 bridgehead atoms. The van der Waals surface area contributed by atoms with Crippen LogP contribution in [-0.4, -0.2) is 48.0 Å². The first kappa shape index (κ1) is 24.0. The third-order valence-electron chi connectivity index (χ3n) is 7.93. The normalized spacial score (nSPS) is 20.5. The van der Waals surface area contributed by atoms with Crippen molar-refractivity contribution < 1.29 is 13.5 Å². The van der Waals surface area contributed by atoms with Gasteiger partial charge in [0.2, 0.25) is 0 Å². The number of halogens is 2. The lowest BCUT2D eigenvalue weighted by Gasteiger charge is -2.43. The van der Waals surface area contributed by atoms with Gasteiger partial charge in [-0.3, -0.25) is 13.8 Å². The average Bonchev–Trinajstić information content (AvgIpc) is 3.58. The molecule has 200 valence electrons. The van der Waals surface area contributed by atoms with Gasteiger partial charge in [-0.1, -0.05) is 0 Å². The fraction of sp³-hybridized carbons (Fsp3) is 0.321. The zero-order chi connectivity index (χ0) is 27.2. The first-order valence-corrected chi connectivity index (χ1v) is 12.8. The minimum atomic E-state index is -0.602. The van der Waals surface area contributed by atoms with Crippen LogP contribution in [0, 0.1) is 25.5 Å². The van der Waals surface area contributed by atoms with Crippen molar-refractivity contribution in [2.45, 2.75) is 38.8 Å². The van der Waals surface area contributed by atoms with E-state index in [1.165, 1.54) is 15.3 Å². The molecule has 2 aliphatic rings. The van der Waals surface area contributed by atoms with E-state index in [1.54, 1.807) is 66.9 Å². The number of nitrogens with one attached hydrogen (secondary N) is 1. The zero-order valence-electron chi connectivity index (χ0n) is 22.0. The van der Waals surface area contributed by atoms with Gasteiger partial charge in [0.25, 0.3) is 0 Å². The second-order valence-electron chi connectivity index (χ2n) is 10.8. The molecule has 3 aromatic heterocycles. The van der Waals surface area contributed by atoms with E-state index in [0.717, 1.165) is 11.3 Å². The van der Waals surface area contributed by atoms with Crippen molar-refractivity contribution in [1.82, 2.24) is 34.0 Å². The maximum atomic E-state index is 15.6. The summed E-state index contributed by atoms with van der Waals surface area (Å²) in [7, 11) is 1.74. The van der Waals surface area contributed by atoms with Crippen molar-refractivity contribution in [3.05, 3.63) is 87.4 Å². The summed E-state index contributed by atoms with van der Waals surface area (Å²) in [5.74, 6) is -0.293. The Morgan fingerprint density at radius 3 is 2.62 bits per heavy atom. The summed E-state index contributed by atoms with van der Waals surface area (Å²) in [5.41, 5.74) is 2.97. The topological polar surface area (TPSA) is 83.8 Å². The fourth-order valence-electron chi connectivity index (χ4n) is 6.13. The van der Waals surface area contributed by atoms with E-state index in [1.807, 2.05) is 6.92 Å². The number of hydrogen-bond acceptors (Lipinski definition) is 5. The van der Waals surface area contributed by atoms with Crippen molar-refractivity contribution in [3.8, 4) is 17.2 Å². The van der Waals surface area contributed by atoms with Crippen LogP contribution in [0.15, 0.2) is 47.7 Å². The number of nitrogens with zero attached hydrogens (tertiary/aromatic N) is 6. The van der Waals surface area contributed by atoms with Crippen LogP contribution in [-0.2, 0) is 23.7 Å². The molecule has 9 nitrogen and oxygen atoms in total. The molecule has 1 N–H and O–H groups in total. The summed E-state index contributed by atoms with van der Waals surface area (Å²) >= 11 is 0. The number of hydrogen-bond donors (Lipinski definition) is 1. The van der Waals surface area contributed by atoms with Crippen LogP contribution in [0.1, 0.15) is 29.3 Å². The van der Waals surface area contributed by atoms with E-state index in [9.17, 15) is 9.18 Å². The highest BCUT2D eigenvalue weighted by molar-refractivity contribution is 5.81. The zero-order valence-corrected chi connectivity index (χ0v) is 22.0. The van der Waals surface area contributed by atoms with Gasteiger partial charge in [0.15, 0.2) is 5.82 Å². The van der Waals surface area contributed by atoms with E-state index in [-0.39, 0.29) is 17.5 Å². The summed E-state index contributed by atoms with van der Waals surface area (Å²) in [5, 5.41) is 13.1. The summed E-state index contributed by atoms with van der Waals surface area (Å²) in [6, 6.07) is 6.85. The lowest BCUT2D eigenvalue weighted by atomic mass is 9.83. The number of fused-ring (bicyclic) bond motifs is 5. The molecule has 39 heavy (non-hydrogen) atoms. The summed E-state index contributed by atoms with van der Waals surface area (Å²) in [6.45, 7) is 6.42. The smallest absolute Gasteiger partial charge is 0.338 e. The molecule has 5 aromatic rings. The predicted molar refractivity (Wildman–Crippen MR) is 141 cm³/mol. The molecule has 0 amide bonds. The van der Waals surface area contributed by atoms with Crippen LogP contribution >= 0.6 is 0 Å². The van der Waals surface area contributed by atoms with Gasteiger partial charge in [0, 0.05) is 37.5 Å². The molecule has 0 spiro atoms. The van der Waals surface area contributed by atoms with Crippen molar-refractivity contribution >= 4 is 10.9 Å². The maximum Gasteiger partial charge on any atom is 0.338 e. The molecule has 7 rings (SSSR count). The maximum absolute atomic E-state index is 15.6. The number of ether oxygens (including phenoxy) is 1. The third kappa shape index (κ3) is 3.39. The molecule has 1 fully saturated rings. The molecule has 11 heteroatoms. The highest BCUT2D eigenvalue weighted by atomic mass is 19.1. The number of benzene rings is 2. The largest absolute Gasteiger partial charge is 0.378 e. The predicted octanol–water partition coefficient (Wildman–Crippen LogP) is 3.36. The first-order valence-electron chi connectivity index (χ1n) is 12.8. The Kier molecular flexibility index (Phi) is 5.05. The van der Waals surface area contributed by atoms with E-state index in [2.05, 4.69) is 10.4 Å². The Morgan fingerprint density at radius 2 is 1.85 bits per heavy atom. The molecule has 0 saturated carbocycles. The molecule has 0 aliphatic carbocycles. The second-order valence-corrected chi connectivity index (χ2v) is 10.8. The Bertz CT molecular complexity index is 1840. The average molecular weight is 532 g/mol. The lowest BCUT2D eigenvalue weighted by molar-refractivity contribution is -0.00377. The quantitative estimate of drug-likeness (QED) is 0.386. The second kappa shape index (κ2) is 8.20. The highest BCUT2D eigenvalue weighted by Gasteiger charge is 2.45. The summed E-state index contributed by atoms with van der Waals surface area (Å²) < 4.78 is 42.1. The van der Waals surface area contributed by atoms with E-state index in [0.29, 0.717) is 53.2 Å². The van der Waals surface area contributed by atoms with Gasteiger partial charge in [-0.05, 0) is 56.2 Å². The minimum absolute atomic E-state index is 0.0887. The van der Waals surface area contributed by atoms with Gasteiger partial charge in [0.05, 0.1) is 52.9 Å². The molecule has 0 radical (unpaired) electrons. The van der Waals surface area contributed by atoms with Crippen LogP contribution in [0.2, 0.25) is 0 Å². The van der Waals surface area contributed by atoms with Gasteiger partial charge in [-0.25, -0.2) is 18.3 Å². The number of rotatable bonds is 3. The van der Waals surface area contributed by atoms with Crippen LogP contribution in [0.4, 0.5) is 8.78 Å². The minimum Gasteiger partial charge on any atom is -0.378 e. The SMILES string of the molecule is Cc1cc(-n2nc3c(c2-n2ccn(-c4ccc5c(cnn5C)c4F)c2=O)[C@]2(C)COC[C@H](C3)N2)cc(C)c1F. The Labute approximate surface area is 222 Å². The van der Waals surface area contributed by atoms with Crippen molar-refractivity contribution in [2.75, 3.05) is 13.2 Å². The number of morpholine rings is 1. The fourth-order valence-corrected chi connectivity index (χ4v) is 6.13. The van der Waals surface area contributed by atoms with Crippen molar-refractivity contribution in [2.24, 2.45) is 7.05 Å². The van der Waals surface area contributed by atoms with Crippen molar-refractivity contribution in [3.63, 3.8) is 0 Å². The molecule has 0 unspecified atom stereocenters. The standard InChI is InChI=1S/C28H27F2N7O2/c1-15-9-18(10-16(2)24(15)29)37-26(23-20(33-37)11-17-13-39-14-28(23,3)32-17)36-8-7-35(27(36)38)22-6-5-21-19(25(22)30)12-31-34(21)4/h5-10,12,17,32H,11,13-14H2,1-4H3/t17-,28-/m0/s1. The molecule has 5 heterocycles. The monoisotopic (exact) mass is 531 g/mol. The number of aryl methyl sites for hydroxylation is 3. The third-order valence-corrected chi connectivity index (χ3v) is 7.93. The van der Waals surface area contributed by atoms with Crippen molar-refractivity contribution in [1.29, 1.82) is 0 Å². The van der Waals surface area contributed by atoms with Crippen LogP contribution < -0.4 is 11.0 Å². The molecule has 2 atom stereocenters. The Balaban J connectivity index is 1.48. The number of imidazole rings is 1. The van der Waals surface area contributed by atoms with Crippen LogP contribution in [0.5, 0.6) is 0 Å². The Morgan fingerprint density at radius 1 is 1.10 bits per heavy atom. The van der Waals surface area contributed by atoms with Gasteiger partial charge >= 0.3 is 5.69 Å². The van der Waals surface area contributed by atoms with E-state index in [4.69, 9.17) is 9.84 Å². The highest BCUT2D eigenvalue weighted by Crippen LogP contribution is 2.39. The number of aromatic nitrogens is 6. The molecular formula is C28H27F2N7O2. The summed E-state index contributed by atoms with van der Waals surface area (Å²) in [6.07, 6.45) is 5.23. The van der Waals surface area contributed by atoms with Gasteiger partial charge in [0.1, 0.15) is 11.6 Å². The van der Waals surface area contributed by atoms with Gasteiger partial charge in [-0.2, -0.15) is 10.2 Å². The van der Waals surface area contributed by atoms with Crippen LogP contribution in [0.3, 0.4) is 0 Å². The molecule has 2 aromatic carbocycles. The van der Waals surface area contributed by atoms with E-state index >= 15 is 4.39 Å².